The summed E-state index contributed by atoms with van der Waals surface area (Å²) in [5.74, 6) is 0. The molecule has 2 aromatic rings. The molecule has 0 aliphatic rings. The van der Waals surface area contributed by atoms with E-state index in [0.717, 1.165) is 12.1 Å². The van der Waals surface area contributed by atoms with Gasteiger partial charge in [-0.25, -0.2) is 4.98 Å². The molecule has 2 heterocycles. The van der Waals surface area contributed by atoms with Gasteiger partial charge in [-0.05, 0) is 30.5 Å². The molecule has 2 aromatic heterocycles. The average molecular weight is 190 g/mol. The van der Waals surface area contributed by atoms with Gasteiger partial charge < -0.3 is 4.98 Å². The van der Waals surface area contributed by atoms with Gasteiger partial charge in [0.15, 0.2) is 0 Å². The Bertz CT molecular complexity index is 402. The Hall–Kier alpha value is -1.31. The molecule has 0 amide bonds. The third kappa shape index (κ3) is 1.95. The normalized spacial score (nSPS) is 9.71. The van der Waals surface area contributed by atoms with Crippen molar-refractivity contribution in [3.8, 4) is 0 Å². The highest BCUT2D eigenvalue weighted by molar-refractivity contribution is 5.80. The number of nitrogens with zero attached hydrogens (tertiary/aromatic N) is 1. The van der Waals surface area contributed by atoms with Gasteiger partial charge in [-0.2, -0.15) is 0 Å². The number of aromatic nitrogens is 2. The summed E-state index contributed by atoms with van der Waals surface area (Å²) < 4.78 is 0. The van der Waals surface area contributed by atoms with Gasteiger partial charge in [0.2, 0.25) is 0 Å². The van der Waals surface area contributed by atoms with E-state index < -0.39 is 0 Å². The van der Waals surface area contributed by atoms with Crippen LogP contribution in [-0.2, 0) is 6.42 Å². The lowest BCUT2D eigenvalue weighted by Crippen LogP contribution is -1.80. The lowest BCUT2D eigenvalue weighted by molar-refractivity contribution is 1.15. The Morgan fingerprint density at radius 1 is 1.36 bits per heavy atom. The maximum absolute atomic E-state index is 4.29. The van der Waals surface area contributed by atoms with Crippen LogP contribution in [0.5, 0.6) is 0 Å². The molecule has 0 aliphatic carbocycles. The van der Waals surface area contributed by atoms with E-state index >= 15 is 0 Å². The number of aromatic amines is 1. The third-order valence-electron chi connectivity index (χ3n) is 2.13. The third-order valence-corrected chi connectivity index (χ3v) is 2.13. The molecule has 76 valence electrons. The summed E-state index contributed by atoms with van der Waals surface area (Å²) in [5.41, 5.74) is 3.57. The van der Waals surface area contributed by atoms with E-state index in [4.69, 9.17) is 0 Å². The molecule has 0 atom stereocenters. The van der Waals surface area contributed by atoms with Crippen molar-refractivity contribution in [1.29, 1.82) is 0 Å². The van der Waals surface area contributed by atoms with Crippen LogP contribution in [0.1, 0.15) is 31.9 Å². The van der Waals surface area contributed by atoms with E-state index in [2.05, 4.69) is 29.9 Å². The van der Waals surface area contributed by atoms with E-state index in [1.54, 1.807) is 0 Å². The molecule has 14 heavy (non-hydrogen) atoms. The van der Waals surface area contributed by atoms with E-state index in [1.807, 2.05) is 26.2 Å². The molecule has 0 unspecified atom stereocenters. The van der Waals surface area contributed by atoms with E-state index in [-0.39, 0.29) is 0 Å². The number of pyridine rings is 1. The average Bonchev–Trinajstić information content (AvgIpc) is 2.63. The summed E-state index contributed by atoms with van der Waals surface area (Å²) in [6, 6.07) is 2.18. The van der Waals surface area contributed by atoms with Gasteiger partial charge in [-0.3, -0.25) is 0 Å². The molecule has 0 radical (unpaired) electrons. The second-order valence-electron chi connectivity index (χ2n) is 3.08. The monoisotopic (exact) mass is 190 g/mol. The van der Waals surface area contributed by atoms with Crippen molar-refractivity contribution in [2.24, 2.45) is 0 Å². The minimum absolute atomic E-state index is 0.998. The van der Waals surface area contributed by atoms with Crippen molar-refractivity contribution in [2.75, 3.05) is 0 Å². The maximum atomic E-state index is 4.29. The summed E-state index contributed by atoms with van der Waals surface area (Å²) in [6.07, 6.45) is 4.99. The van der Waals surface area contributed by atoms with Crippen LogP contribution >= 0.6 is 0 Å². The molecule has 2 nitrogen and oxygen atoms in total. The van der Waals surface area contributed by atoms with Crippen molar-refractivity contribution in [3.63, 3.8) is 0 Å². The quantitative estimate of drug-likeness (QED) is 0.733. The summed E-state index contributed by atoms with van der Waals surface area (Å²) in [4.78, 5) is 7.45. The highest BCUT2D eigenvalue weighted by Crippen LogP contribution is 2.17. The fourth-order valence-electron chi connectivity index (χ4n) is 1.45. The largest absolute Gasteiger partial charge is 0.346 e. The minimum atomic E-state index is 0.998. The van der Waals surface area contributed by atoms with Crippen LogP contribution in [0.25, 0.3) is 11.0 Å². The summed E-state index contributed by atoms with van der Waals surface area (Å²) in [5, 5.41) is 1.26. The number of rotatable bonds is 1. The van der Waals surface area contributed by atoms with Crippen LogP contribution in [0, 0.1) is 6.92 Å². The van der Waals surface area contributed by atoms with Gasteiger partial charge in [0, 0.05) is 17.8 Å². The molecule has 0 bridgehead atoms. The molecule has 0 spiro atoms. The summed E-state index contributed by atoms with van der Waals surface area (Å²) in [6.45, 7) is 8.23. The number of H-pyrrole nitrogens is 1. The topological polar surface area (TPSA) is 28.7 Å². The summed E-state index contributed by atoms with van der Waals surface area (Å²) >= 11 is 0. The van der Waals surface area contributed by atoms with Crippen LogP contribution in [0.2, 0.25) is 0 Å². The lowest BCUT2D eigenvalue weighted by atomic mass is 10.1. The van der Waals surface area contributed by atoms with E-state index in [1.165, 1.54) is 16.5 Å². The van der Waals surface area contributed by atoms with Crippen molar-refractivity contribution in [1.82, 2.24) is 9.97 Å². The molecule has 0 aliphatic heterocycles. The number of aryl methyl sites for hydroxylation is 2. The standard InChI is InChI=1S/C10H12N2.C2H6/c1-3-8-6-12-10-9(8)4-7(2)5-11-10;1-2/h4-6H,3H2,1-2H3,(H,11,12);1-2H3. The number of hydrogen-bond acceptors (Lipinski definition) is 1. The fourth-order valence-corrected chi connectivity index (χ4v) is 1.45. The molecule has 2 heteroatoms. The molecule has 0 saturated carbocycles. The van der Waals surface area contributed by atoms with Crippen molar-refractivity contribution < 1.29 is 0 Å². The smallest absolute Gasteiger partial charge is 0.137 e. The van der Waals surface area contributed by atoms with Gasteiger partial charge in [0.05, 0.1) is 0 Å². The zero-order valence-corrected chi connectivity index (χ0v) is 9.39. The van der Waals surface area contributed by atoms with Gasteiger partial charge in [-0.1, -0.05) is 20.8 Å². The zero-order valence-electron chi connectivity index (χ0n) is 9.39. The molecule has 0 fully saturated rings. The number of nitrogens with one attached hydrogen (secondary N) is 1. The molecule has 2 rings (SSSR count). The first-order chi connectivity index (χ1) is 6.81. The Morgan fingerprint density at radius 2 is 2.07 bits per heavy atom. The van der Waals surface area contributed by atoms with Crippen molar-refractivity contribution in [2.45, 2.75) is 34.1 Å². The first-order valence-electron chi connectivity index (χ1n) is 5.24. The predicted molar refractivity (Wildman–Crippen MR) is 61.6 cm³/mol. The molecular weight excluding hydrogens is 172 g/mol. The highest BCUT2D eigenvalue weighted by Gasteiger charge is 2.01. The number of fused-ring (bicyclic) bond motifs is 1. The van der Waals surface area contributed by atoms with E-state index in [0.29, 0.717) is 0 Å². The molecule has 0 aromatic carbocycles. The number of hydrogen-bond donors (Lipinski definition) is 1. The van der Waals surface area contributed by atoms with Crippen LogP contribution < -0.4 is 0 Å². The fraction of sp³-hybridized carbons (Fsp3) is 0.417. The second kappa shape index (κ2) is 4.80. The summed E-state index contributed by atoms with van der Waals surface area (Å²) in [7, 11) is 0. The van der Waals surface area contributed by atoms with Crippen LogP contribution in [-0.4, -0.2) is 9.97 Å². The molecule has 0 saturated heterocycles. The minimum Gasteiger partial charge on any atom is -0.346 e. The van der Waals surface area contributed by atoms with Gasteiger partial charge in [0.25, 0.3) is 0 Å². The SMILES string of the molecule is CC.CCc1c[nH]c2ncc(C)cc12. The van der Waals surface area contributed by atoms with Crippen molar-refractivity contribution >= 4 is 11.0 Å². The van der Waals surface area contributed by atoms with E-state index in [9.17, 15) is 0 Å². The Kier molecular flexibility index (Phi) is 3.69. The zero-order chi connectivity index (χ0) is 10.6. The van der Waals surface area contributed by atoms with Crippen LogP contribution in [0.15, 0.2) is 18.5 Å². The predicted octanol–water partition coefficient (Wildman–Crippen LogP) is 3.46. The second-order valence-corrected chi connectivity index (χ2v) is 3.08. The first-order valence-corrected chi connectivity index (χ1v) is 5.24. The van der Waals surface area contributed by atoms with Crippen molar-refractivity contribution in [3.05, 3.63) is 29.6 Å². The maximum Gasteiger partial charge on any atom is 0.137 e. The molecule has 1 N–H and O–H groups in total. The van der Waals surface area contributed by atoms with Gasteiger partial charge >= 0.3 is 0 Å². The van der Waals surface area contributed by atoms with Gasteiger partial charge in [-0.15, -0.1) is 0 Å². The lowest BCUT2D eigenvalue weighted by Gasteiger charge is -1.94. The van der Waals surface area contributed by atoms with Gasteiger partial charge in [0.1, 0.15) is 5.65 Å². The van der Waals surface area contributed by atoms with Crippen LogP contribution in [0.3, 0.4) is 0 Å². The Morgan fingerprint density at radius 3 is 2.71 bits per heavy atom. The first kappa shape index (κ1) is 10.8. The Balaban J connectivity index is 0.000000461. The molecular formula is C12H18N2. The highest BCUT2D eigenvalue weighted by atomic mass is 14.8. The van der Waals surface area contributed by atoms with Crippen LogP contribution in [0.4, 0.5) is 0 Å². The Labute approximate surface area is 85.4 Å².